The van der Waals surface area contributed by atoms with Gasteiger partial charge < -0.3 is 0 Å². The quantitative estimate of drug-likeness (QED) is 0.482. The summed E-state index contributed by atoms with van der Waals surface area (Å²) < 4.78 is 0. The van der Waals surface area contributed by atoms with E-state index < -0.39 is 0 Å². The van der Waals surface area contributed by atoms with Crippen LogP contribution in [0.1, 0.15) is 45.4 Å². The summed E-state index contributed by atoms with van der Waals surface area (Å²) in [6.07, 6.45) is 9.21. The molecule has 0 heteroatoms. The molecule has 0 nitrogen and oxygen atoms in total. The zero-order chi connectivity index (χ0) is 6.97. The van der Waals surface area contributed by atoms with Gasteiger partial charge in [0.1, 0.15) is 0 Å². The van der Waals surface area contributed by atoms with Crippen LogP contribution in [0.5, 0.6) is 0 Å². The highest BCUT2D eigenvalue weighted by Crippen LogP contribution is 2.44. The van der Waals surface area contributed by atoms with E-state index in [2.05, 4.69) is 6.92 Å². The molecular weight excluding hydrogens is 120 g/mol. The Balaban J connectivity index is 2.03. The average Bonchev–Trinajstić information content (AvgIpc) is 2.36. The van der Waals surface area contributed by atoms with Crippen molar-refractivity contribution >= 4 is 0 Å². The minimum atomic E-state index is 1.06. The van der Waals surface area contributed by atoms with Crippen molar-refractivity contribution in [1.82, 2.24) is 0 Å². The van der Waals surface area contributed by atoms with Gasteiger partial charge in [-0.1, -0.05) is 39.0 Å². The lowest BCUT2D eigenvalue weighted by Gasteiger charge is -2.31. The Bertz CT molecular complexity index is 117. The third-order valence-electron chi connectivity index (χ3n) is 3.68. The molecule has 2 fully saturated rings. The second-order valence-corrected chi connectivity index (χ2v) is 4.26. The molecule has 0 saturated heterocycles. The lowest BCUT2D eigenvalue weighted by atomic mass is 9.75. The zero-order valence-electron chi connectivity index (χ0n) is 6.97. The van der Waals surface area contributed by atoms with E-state index in [0.29, 0.717) is 0 Å². The van der Waals surface area contributed by atoms with Crippen LogP contribution in [0.25, 0.3) is 0 Å². The highest BCUT2D eigenvalue weighted by molar-refractivity contribution is 4.84. The van der Waals surface area contributed by atoms with Crippen molar-refractivity contribution in [2.75, 3.05) is 0 Å². The molecule has 2 aliphatic carbocycles. The molecule has 10 heavy (non-hydrogen) atoms. The molecule has 0 aliphatic heterocycles. The third kappa shape index (κ3) is 0.980. The summed E-state index contributed by atoms with van der Waals surface area (Å²) >= 11 is 0. The van der Waals surface area contributed by atoms with Gasteiger partial charge in [0.25, 0.3) is 0 Å². The molecule has 0 heterocycles. The summed E-state index contributed by atoms with van der Waals surface area (Å²) in [6, 6.07) is 0. The Hall–Kier alpha value is 0. The fraction of sp³-hybridized carbons (Fsp3) is 1.00. The Kier molecular flexibility index (Phi) is 1.71. The molecule has 0 bridgehead atoms. The third-order valence-corrected chi connectivity index (χ3v) is 3.68. The van der Waals surface area contributed by atoms with Crippen LogP contribution in [0.3, 0.4) is 0 Å². The van der Waals surface area contributed by atoms with E-state index in [9.17, 15) is 0 Å². The largest absolute Gasteiger partial charge is 0.0622 e. The molecule has 2 aliphatic rings. The van der Waals surface area contributed by atoms with E-state index in [1.165, 1.54) is 19.3 Å². The molecule has 0 aromatic rings. The molecule has 58 valence electrons. The summed E-state index contributed by atoms with van der Waals surface area (Å²) in [5.74, 6) is 3.33. The molecule has 0 unspecified atom stereocenters. The average molecular weight is 138 g/mol. The van der Waals surface area contributed by atoms with E-state index in [1.807, 2.05) is 0 Å². The second kappa shape index (κ2) is 2.56. The molecule has 0 aromatic carbocycles. The fourth-order valence-corrected chi connectivity index (χ4v) is 3.09. The van der Waals surface area contributed by atoms with Crippen molar-refractivity contribution in [2.24, 2.45) is 17.8 Å². The summed E-state index contributed by atoms with van der Waals surface area (Å²) in [7, 11) is 0. The molecule has 3 atom stereocenters. The molecule has 0 aromatic heterocycles. The molecule has 2 rings (SSSR count). The minimum Gasteiger partial charge on any atom is -0.0622 e. The molecule has 2 saturated carbocycles. The van der Waals surface area contributed by atoms with Crippen molar-refractivity contribution in [3.8, 4) is 0 Å². The first kappa shape index (κ1) is 6.69. The molecular formula is C10H18. The maximum Gasteiger partial charge on any atom is -0.0360 e. The highest BCUT2D eigenvalue weighted by atomic mass is 14.4. The van der Waals surface area contributed by atoms with Crippen molar-refractivity contribution in [3.63, 3.8) is 0 Å². The van der Waals surface area contributed by atoms with Crippen LogP contribution in [-0.4, -0.2) is 0 Å². The van der Waals surface area contributed by atoms with E-state index in [-0.39, 0.29) is 0 Å². The normalized spacial score (nSPS) is 47.1. The van der Waals surface area contributed by atoms with Crippen LogP contribution in [0.15, 0.2) is 0 Å². The summed E-state index contributed by atoms with van der Waals surface area (Å²) in [4.78, 5) is 0. The van der Waals surface area contributed by atoms with Crippen molar-refractivity contribution in [2.45, 2.75) is 45.4 Å². The predicted octanol–water partition coefficient (Wildman–Crippen LogP) is 3.22. The van der Waals surface area contributed by atoms with E-state index in [0.717, 1.165) is 17.8 Å². The topological polar surface area (TPSA) is 0 Å². The summed E-state index contributed by atoms with van der Waals surface area (Å²) in [6.45, 7) is 2.46. The minimum absolute atomic E-state index is 1.06. The maximum atomic E-state index is 2.46. The van der Waals surface area contributed by atoms with E-state index in [1.54, 1.807) is 19.3 Å². The summed E-state index contributed by atoms with van der Waals surface area (Å²) in [5, 5.41) is 0. The lowest BCUT2D eigenvalue weighted by molar-refractivity contribution is 0.197. The molecule has 0 spiro atoms. The van der Waals surface area contributed by atoms with Crippen LogP contribution in [0, 0.1) is 17.8 Å². The highest BCUT2D eigenvalue weighted by Gasteiger charge is 2.33. The lowest BCUT2D eigenvalue weighted by Crippen LogP contribution is -2.21. The van der Waals surface area contributed by atoms with Gasteiger partial charge in [-0.3, -0.25) is 0 Å². The Morgan fingerprint density at radius 3 is 2.30 bits per heavy atom. The maximum absolute atomic E-state index is 2.46. The van der Waals surface area contributed by atoms with Gasteiger partial charge in [-0.05, 0) is 24.2 Å². The smallest absolute Gasteiger partial charge is 0.0360 e. The monoisotopic (exact) mass is 138 g/mol. The van der Waals surface area contributed by atoms with Crippen LogP contribution in [-0.2, 0) is 0 Å². The first-order chi connectivity index (χ1) is 4.88. The number of hydrogen-bond acceptors (Lipinski definition) is 0. The van der Waals surface area contributed by atoms with Crippen LogP contribution in [0.2, 0.25) is 0 Å². The van der Waals surface area contributed by atoms with Gasteiger partial charge in [0.2, 0.25) is 0 Å². The summed E-state index contributed by atoms with van der Waals surface area (Å²) in [5.41, 5.74) is 0. The predicted molar refractivity (Wildman–Crippen MR) is 43.8 cm³/mol. The molecule has 0 radical (unpaired) electrons. The van der Waals surface area contributed by atoms with Crippen molar-refractivity contribution < 1.29 is 0 Å². The van der Waals surface area contributed by atoms with Crippen molar-refractivity contribution in [1.29, 1.82) is 0 Å². The fourth-order valence-electron chi connectivity index (χ4n) is 3.09. The Morgan fingerprint density at radius 1 is 0.900 bits per heavy atom. The van der Waals surface area contributed by atoms with Crippen molar-refractivity contribution in [3.05, 3.63) is 0 Å². The molecule has 0 amide bonds. The molecule has 0 N–H and O–H groups in total. The van der Waals surface area contributed by atoms with Gasteiger partial charge >= 0.3 is 0 Å². The number of rotatable bonds is 0. The van der Waals surface area contributed by atoms with Gasteiger partial charge in [0, 0.05) is 0 Å². The Morgan fingerprint density at radius 2 is 1.60 bits per heavy atom. The standard InChI is InChI=1S/C10H18/c1-8-4-2-5-9-6-3-7-10(8)9/h8-10H,2-7H2,1H3/t8-,9-,10-/m0/s1. The van der Waals surface area contributed by atoms with Gasteiger partial charge in [-0.25, -0.2) is 0 Å². The SMILES string of the molecule is C[C@H]1CCC[C@H]2CCC[C@H]21. The first-order valence-corrected chi connectivity index (χ1v) is 4.88. The zero-order valence-corrected chi connectivity index (χ0v) is 6.97. The second-order valence-electron chi connectivity index (χ2n) is 4.26. The number of hydrogen-bond donors (Lipinski definition) is 0. The first-order valence-electron chi connectivity index (χ1n) is 4.88. The van der Waals surface area contributed by atoms with Crippen LogP contribution >= 0.6 is 0 Å². The van der Waals surface area contributed by atoms with Gasteiger partial charge in [0.15, 0.2) is 0 Å². The van der Waals surface area contributed by atoms with E-state index >= 15 is 0 Å². The van der Waals surface area contributed by atoms with Crippen LogP contribution < -0.4 is 0 Å². The van der Waals surface area contributed by atoms with E-state index in [4.69, 9.17) is 0 Å². The van der Waals surface area contributed by atoms with Gasteiger partial charge in [0.05, 0.1) is 0 Å². The van der Waals surface area contributed by atoms with Gasteiger partial charge in [-0.2, -0.15) is 0 Å². The van der Waals surface area contributed by atoms with Crippen LogP contribution in [0.4, 0.5) is 0 Å². The van der Waals surface area contributed by atoms with Gasteiger partial charge in [-0.15, -0.1) is 0 Å². The Labute approximate surface area is 64.0 Å². The number of fused-ring (bicyclic) bond motifs is 1.